The molecule has 4 amide bonds. The molecule has 1 saturated heterocycles. The van der Waals surface area contributed by atoms with E-state index in [1.807, 2.05) is 0 Å². The zero-order valence-corrected chi connectivity index (χ0v) is 18.9. The van der Waals surface area contributed by atoms with Gasteiger partial charge in [0.2, 0.25) is 23.6 Å². The van der Waals surface area contributed by atoms with Crippen molar-refractivity contribution in [3.63, 3.8) is 0 Å². The monoisotopic (exact) mass is 477 g/mol. The molecular formula is C24H23N5O6. The molecular weight excluding hydrogens is 454 g/mol. The lowest BCUT2D eigenvalue weighted by Crippen LogP contribution is -2.45. The Balaban J connectivity index is 1.47. The molecule has 1 aliphatic rings. The van der Waals surface area contributed by atoms with Crippen molar-refractivity contribution in [1.82, 2.24) is 20.2 Å². The Morgan fingerprint density at radius 1 is 1.23 bits per heavy atom. The van der Waals surface area contributed by atoms with E-state index in [9.17, 15) is 24.0 Å². The van der Waals surface area contributed by atoms with E-state index in [-0.39, 0.29) is 48.7 Å². The standard InChI is InChI=1S/C24H23N5O6/c1-14-26-16-5-2-6-17(22(16)24(34)29(14)18-8-10-20(31)28-23(18)33)27-21(32)11-12-25-19(30)9-7-15-4-3-13-35-15/h2-7,9,13,18H,8,10-12H2,1H3,(H,25,30)(H,27,32)(H,28,31,33). The summed E-state index contributed by atoms with van der Waals surface area (Å²) in [7, 11) is 0. The van der Waals surface area contributed by atoms with Gasteiger partial charge in [0, 0.05) is 25.5 Å². The number of aromatic nitrogens is 2. The Hall–Kier alpha value is -4.54. The maximum atomic E-state index is 13.4. The molecule has 0 spiro atoms. The lowest BCUT2D eigenvalue weighted by Gasteiger charge is -2.24. The van der Waals surface area contributed by atoms with Crippen LogP contribution in [0.15, 0.2) is 51.9 Å². The normalized spacial score (nSPS) is 15.9. The van der Waals surface area contributed by atoms with Gasteiger partial charge in [0.1, 0.15) is 17.6 Å². The predicted molar refractivity (Wildman–Crippen MR) is 126 cm³/mol. The van der Waals surface area contributed by atoms with Gasteiger partial charge in [-0.15, -0.1) is 0 Å². The first-order valence-electron chi connectivity index (χ1n) is 11.0. The average Bonchev–Trinajstić information content (AvgIpc) is 3.33. The summed E-state index contributed by atoms with van der Waals surface area (Å²) in [5, 5.41) is 7.69. The van der Waals surface area contributed by atoms with E-state index in [1.54, 1.807) is 37.3 Å². The molecule has 0 radical (unpaired) electrons. The largest absolute Gasteiger partial charge is 0.465 e. The Morgan fingerprint density at radius 2 is 2.06 bits per heavy atom. The van der Waals surface area contributed by atoms with Crippen LogP contribution in [0.1, 0.15) is 36.9 Å². The molecule has 1 aliphatic heterocycles. The van der Waals surface area contributed by atoms with Crippen LogP contribution in [0.25, 0.3) is 17.0 Å². The fraction of sp³-hybridized carbons (Fsp3) is 0.250. The van der Waals surface area contributed by atoms with Crippen molar-refractivity contribution >= 4 is 46.3 Å². The number of benzene rings is 1. The number of aryl methyl sites for hydroxylation is 1. The van der Waals surface area contributed by atoms with Crippen LogP contribution in [0.5, 0.6) is 0 Å². The molecule has 3 aromatic rings. The quantitative estimate of drug-likeness (QED) is 0.344. The zero-order chi connectivity index (χ0) is 24.9. The summed E-state index contributed by atoms with van der Waals surface area (Å²) in [6.45, 7) is 1.69. The minimum absolute atomic E-state index is 0.0304. The highest BCUT2D eigenvalue weighted by molar-refractivity contribution is 6.02. The summed E-state index contributed by atoms with van der Waals surface area (Å²) in [5.74, 6) is -0.897. The van der Waals surface area contributed by atoms with Gasteiger partial charge in [-0.2, -0.15) is 0 Å². The van der Waals surface area contributed by atoms with Crippen molar-refractivity contribution in [3.8, 4) is 0 Å². The van der Waals surface area contributed by atoms with Crippen molar-refractivity contribution < 1.29 is 23.6 Å². The number of carbonyl (C=O) groups excluding carboxylic acids is 4. The number of rotatable bonds is 7. The molecule has 0 saturated carbocycles. The van der Waals surface area contributed by atoms with Crippen molar-refractivity contribution in [2.45, 2.75) is 32.2 Å². The first-order valence-corrected chi connectivity index (χ1v) is 11.0. The Bertz CT molecular complexity index is 1390. The van der Waals surface area contributed by atoms with Crippen molar-refractivity contribution in [3.05, 3.63) is 64.6 Å². The van der Waals surface area contributed by atoms with Crippen LogP contribution >= 0.6 is 0 Å². The first kappa shape index (κ1) is 23.6. The van der Waals surface area contributed by atoms with Gasteiger partial charge in [0.25, 0.3) is 5.56 Å². The molecule has 0 aliphatic carbocycles. The fourth-order valence-electron chi connectivity index (χ4n) is 3.87. The molecule has 0 bridgehead atoms. The van der Waals surface area contributed by atoms with Crippen LogP contribution in [-0.4, -0.2) is 39.7 Å². The first-order chi connectivity index (χ1) is 16.8. The van der Waals surface area contributed by atoms with Gasteiger partial charge in [-0.05, 0) is 43.7 Å². The number of amides is 4. The second kappa shape index (κ2) is 10.2. The number of hydrogen-bond acceptors (Lipinski definition) is 7. The third kappa shape index (κ3) is 5.35. The number of nitrogens with one attached hydrogen (secondary N) is 3. The molecule has 4 rings (SSSR count). The number of nitrogens with zero attached hydrogens (tertiary/aromatic N) is 2. The molecule has 35 heavy (non-hydrogen) atoms. The molecule has 1 atom stereocenters. The summed E-state index contributed by atoms with van der Waals surface area (Å²) < 4.78 is 6.36. The second-order valence-corrected chi connectivity index (χ2v) is 7.94. The fourth-order valence-corrected chi connectivity index (χ4v) is 3.87. The van der Waals surface area contributed by atoms with E-state index in [0.717, 1.165) is 0 Å². The minimum atomic E-state index is -0.870. The van der Waals surface area contributed by atoms with Crippen LogP contribution in [0.2, 0.25) is 0 Å². The van der Waals surface area contributed by atoms with Crippen LogP contribution in [0.4, 0.5) is 5.69 Å². The zero-order valence-electron chi connectivity index (χ0n) is 18.9. The SMILES string of the molecule is Cc1nc2cccc(NC(=O)CCNC(=O)C=Cc3ccco3)c2c(=O)n1C1CCC(=O)NC1=O. The Morgan fingerprint density at radius 3 is 2.80 bits per heavy atom. The van der Waals surface area contributed by atoms with E-state index in [0.29, 0.717) is 17.1 Å². The van der Waals surface area contributed by atoms with E-state index >= 15 is 0 Å². The van der Waals surface area contributed by atoms with Gasteiger partial charge in [0.05, 0.1) is 22.9 Å². The average molecular weight is 477 g/mol. The molecule has 11 nitrogen and oxygen atoms in total. The Kier molecular flexibility index (Phi) is 6.86. The number of hydrogen-bond donors (Lipinski definition) is 3. The van der Waals surface area contributed by atoms with Crippen molar-refractivity contribution in [1.29, 1.82) is 0 Å². The van der Waals surface area contributed by atoms with E-state index in [1.165, 1.54) is 23.0 Å². The van der Waals surface area contributed by atoms with E-state index in [2.05, 4.69) is 20.9 Å². The van der Waals surface area contributed by atoms with Crippen LogP contribution in [0, 0.1) is 6.92 Å². The van der Waals surface area contributed by atoms with Crippen molar-refractivity contribution in [2.75, 3.05) is 11.9 Å². The minimum Gasteiger partial charge on any atom is -0.465 e. The highest BCUT2D eigenvalue weighted by atomic mass is 16.3. The molecule has 11 heteroatoms. The third-order valence-electron chi connectivity index (χ3n) is 5.50. The lowest BCUT2D eigenvalue weighted by molar-refractivity contribution is -0.136. The van der Waals surface area contributed by atoms with Gasteiger partial charge in [-0.1, -0.05) is 6.07 Å². The topological polar surface area (TPSA) is 152 Å². The summed E-state index contributed by atoms with van der Waals surface area (Å²) in [6, 6.07) is 7.39. The predicted octanol–water partition coefficient (Wildman–Crippen LogP) is 1.43. The highest BCUT2D eigenvalue weighted by Crippen LogP contribution is 2.23. The number of anilines is 1. The molecule has 3 heterocycles. The number of carbonyl (C=O) groups is 4. The molecule has 1 fully saturated rings. The molecule has 1 unspecified atom stereocenters. The van der Waals surface area contributed by atoms with E-state index in [4.69, 9.17) is 4.42 Å². The van der Waals surface area contributed by atoms with Gasteiger partial charge < -0.3 is 15.1 Å². The summed E-state index contributed by atoms with van der Waals surface area (Å²) in [4.78, 5) is 66.1. The number of imide groups is 1. The maximum Gasteiger partial charge on any atom is 0.264 e. The highest BCUT2D eigenvalue weighted by Gasteiger charge is 2.30. The molecule has 3 N–H and O–H groups in total. The van der Waals surface area contributed by atoms with E-state index < -0.39 is 23.4 Å². The summed E-state index contributed by atoms with van der Waals surface area (Å²) in [5.41, 5.74) is 0.120. The number of piperidine rings is 1. The maximum absolute atomic E-state index is 13.4. The number of fused-ring (bicyclic) bond motifs is 1. The smallest absolute Gasteiger partial charge is 0.264 e. The second-order valence-electron chi connectivity index (χ2n) is 7.94. The van der Waals surface area contributed by atoms with Gasteiger partial charge in [0.15, 0.2) is 0 Å². The molecule has 180 valence electrons. The summed E-state index contributed by atoms with van der Waals surface area (Å²) in [6.07, 6.45) is 4.56. The summed E-state index contributed by atoms with van der Waals surface area (Å²) >= 11 is 0. The van der Waals surface area contributed by atoms with Crippen LogP contribution < -0.4 is 21.5 Å². The lowest BCUT2D eigenvalue weighted by atomic mass is 10.1. The Labute approximate surface area is 199 Å². The van der Waals surface area contributed by atoms with Crippen molar-refractivity contribution in [2.24, 2.45) is 0 Å². The molecule has 2 aromatic heterocycles. The van der Waals surface area contributed by atoms with Crippen LogP contribution in [-0.2, 0) is 19.2 Å². The van der Waals surface area contributed by atoms with Gasteiger partial charge >= 0.3 is 0 Å². The number of furan rings is 1. The van der Waals surface area contributed by atoms with Gasteiger partial charge in [-0.25, -0.2) is 4.98 Å². The van der Waals surface area contributed by atoms with Crippen LogP contribution in [0.3, 0.4) is 0 Å². The third-order valence-corrected chi connectivity index (χ3v) is 5.50. The molecule has 1 aromatic carbocycles. The van der Waals surface area contributed by atoms with Gasteiger partial charge in [-0.3, -0.25) is 33.9 Å².